The van der Waals surface area contributed by atoms with E-state index in [4.69, 9.17) is 9.47 Å². The minimum Gasteiger partial charge on any atom is -0.490 e. The third-order valence-corrected chi connectivity index (χ3v) is 5.36. The Kier molecular flexibility index (Phi) is 5.09. The summed E-state index contributed by atoms with van der Waals surface area (Å²) in [5, 5.41) is 2.16. The van der Waals surface area contributed by atoms with Crippen molar-refractivity contribution in [2.45, 2.75) is 25.5 Å². The lowest BCUT2D eigenvalue weighted by molar-refractivity contribution is 0.122. The third kappa shape index (κ3) is 4.22. The summed E-state index contributed by atoms with van der Waals surface area (Å²) in [6.07, 6.45) is 10.8. The second kappa shape index (κ2) is 8.17. The van der Waals surface area contributed by atoms with Crippen LogP contribution in [0, 0.1) is 0 Å². The molecule has 1 saturated heterocycles. The molecule has 0 unspecified atom stereocenters. The molecule has 2 aromatic rings. The molecule has 0 amide bonds. The predicted octanol–water partition coefficient (Wildman–Crippen LogP) is 3.33. The number of hydrogen-bond donors (Lipinski definition) is 1. The zero-order chi connectivity index (χ0) is 19.5. The number of nitrogens with one attached hydrogen (secondary N) is 1. The average Bonchev–Trinajstić information content (AvgIpc) is 3.60. The maximum atomic E-state index is 5.89. The van der Waals surface area contributed by atoms with Gasteiger partial charge in [0.25, 0.3) is 0 Å². The fourth-order valence-electron chi connectivity index (χ4n) is 3.68. The number of morpholine rings is 1. The summed E-state index contributed by atoms with van der Waals surface area (Å²) in [4.78, 5) is 6.98. The van der Waals surface area contributed by atoms with Crippen LogP contribution in [0.15, 0.2) is 60.9 Å². The summed E-state index contributed by atoms with van der Waals surface area (Å²) in [6, 6.07) is 12.5. The van der Waals surface area contributed by atoms with Crippen LogP contribution >= 0.6 is 0 Å². The van der Waals surface area contributed by atoms with E-state index in [9.17, 15) is 0 Å². The second-order valence-corrected chi connectivity index (χ2v) is 7.55. The highest BCUT2D eigenvalue weighted by Crippen LogP contribution is 2.30. The van der Waals surface area contributed by atoms with Crippen molar-refractivity contribution in [3.05, 3.63) is 72.1 Å². The van der Waals surface area contributed by atoms with Gasteiger partial charge in [-0.05, 0) is 60.9 Å². The highest BCUT2D eigenvalue weighted by molar-refractivity contribution is 5.67. The number of allylic oxidation sites excluding steroid dienone is 2. The van der Waals surface area contributed by atoms with Crippen molar-refractivity contribution in [1.29, 1.82) is 0 Å². The molecule has 3 aliphatic rings. The van der Waals surface area contributed by atoms with Gasteiger partial charge in [0.2, 0.25) is 0 Å². The molecular formula is C23H26N4O2. The molecule has 150 valence electrons. The van der Waals surface area contributed by atoms with Crippen LogP contribution in [0.25, 0.3) is 5.70 Å². The van der Waals surface area contributed by atoms with Crippen LogP contribution in [0.3, 0.4) is 0 Å². The highest BCUT2D eigenvalue weighted by atomic mass is 16.5. The van der Waals surface area contributed by atoms with E-state index < -0.39 is 0 Å². The number of benzene rings is 1. The normalized spacial score (nSPS) is 19.0. The van der Waals surface area contributed by atoms with Crippen LogP contribution in [-0.2, 0) is 11.3 Å². The Bertz CT molecular complexity index is 899. The number of hydrogen-bond acceptors (Lipinski definition) is 6. The van der Waals surface area contributed by atoms with Gasteiger partial charge in [-0.15, -0.1) is 0 Å². The lowest BCUT2D eigenvalue weighted by atomic mass is 10.1. The summed E-state index contributed by atoms with van der Waals surface area (Å²) in [5.74, 6) is 1.99. The molecule has 0 bridgehead atoms. The fraction of sp³-hybridized carbons (Fsp3) is 0.348. The number of hydrazine groups is 1. The molecule has 0 radical (unpaired) electrons. The smallest absolute Gasteiger partial charge is 0.133 e. The Morgan fingerprint density at radius 2 is 1.93 bits per heavy atom. The minimum atomic E-state index is 0.417. The molecule has 3 heterocycles. The topological polar surface area (TPSA) is 49.9 Å². The average molecular weight is 390 g/mol. The highest BCUT2D eigenvalue weighted by Gasteiger charge is 2.24. The van der Waals surface area contributed by atoms with Crippen LogP contribution in [0.5, 0.6) is 5.75 Å². The minimum absolute atomic E-state index is 0.417. The molecule has 6 heteroatoms. The Morgan fingerprint density at radius 1 is 1.10 bits per heavy atom. The Balaban J connectivity index is 1.35. The van der Waals surface area contributed by atoms with Crippen molar-refractivity contribution in [3.8, 4) is 5.75 Å². The predicted molar refractivity (Wildman–Crippen MR) is 113 cm³/mol. The molecule has 1 aromatic heterocycles. The van der Waals surface area contributed by atoms with E-state index in [-0.39, 0.29) is 0 Å². The van der Waals surface area contributed by atoms with Crippen molar-refractivity contribution in [2.24, 2.45) is 0 Å². The van der Waals surface area contributed by atoms with E-state index >= 15 is 0 Å². The zero-order valence-corrected chi connectivity index (χ0v) is 16.5. The van der Waals surface area contributed by atoms with Crippen molar-refractivity contribution < 1.29 is 9.47 Å². The molecular weight excluding hydrogens is 364 g/mol. The molecule has 1 saturated carbocycles. The molecule has 29 heavy (non-hydrogen) atoms. The summed E-state index contributed by atoms with van der Waals surface area (Å²) in [7, 11) is 0. The van der Waals surface area contributed by atoms with Gasteiger partial charge >= 0.3 is 0 Å². The molecule has 0 spiro atoms. The SMILES string of the molecule is C1=CNN(Cc2cccnc2N2CCOCC2)C(c2ccc(OC3CC3)cc2)=C1. The van der Waals surface area contributed by atoms with Gasteiger partial charge in [0.15, 0.2) is 0 Å². The molecule has 1 aromatic carbocycles. The molecule has 2 aliphatic heterocycles. The first kappa shape index (κ1) is 18.1. The van der Waals surface area contributed by atoms with E-state index in [1.54, 1.807) is 0 Å². The van der Waals surface area contributed by atoms with Crippen LogP contribution in [0.2, 0.25) is 0 Å². The summed E-state index contributed by atoms with van der Waals surface area (Å²) < 4.78 is 11.4. The van der Waals surface area contributed by atoms with Crippen LogP contribution in [-0.4, -0.2) is 42.4 Å². The molecule has 1 N–H and O–H groups in total. The molecule has 1 aliphatic carbocycles. The van der Waals surface area contributed by atoms with Gasteiger partial charge in [-0.2, -0.15) is 0 Å². The Morgan fingerprint density at radius 3 is 2.72 bits per heavy atom. The number of aromatic nitrogens is 1. The first-order valence-corrected chi connectivity index (χ1v) is 10.3. The quantitative estimate of drug-likeness (QED) is 0.817. The standard InChI is InChI=1S/C23H26N4O2/c1-3-19(23(24-11-1)26-13-15-28-16-14-26)17-27-22(4-2-12-25-27)18-5-7-20(8-6-18)29-21-9-10-21/h1-8,11-12,21,25H,9-10,13-17H2. The Hall–Kier alpha value is -2.99. The second-order valence-electron chi connectivity index (χ2n) is 7.55. The third-order valence-electron chi connectivity index (χ3n) is 5.36. The van der Waals surface area contributed by atoms with E-state index in [0.29, 0.717) is 6.10 Å². The van der Waals surface area contributed by atoms with E-state index in [2.05, 4.69) is 56.7 Å². The number of anilines is 1. The first-order chi connectivity index (χ1) is 14.4. The van der Waals surface area contributed by atoms with Crippen molar-refractivity contribution >= 4 is 11.5 Å². The fourth-order valence-corrected chi connectivity index (χ4v) is 3.68. The molecule has 5 rings (SSSR count). The van der Waals surface area contributed by atoms with E-state index in [1.165, 1.54) is 18.4 Å². The summed E-state index contributed by atoms with van der Waals surface area (Å²) in [6.45, 7) is 3.98. The number of nitrogens with zero attached hydrogens (tertiary/aromatic N) is 3. The largest absolute Gasteiger partial charge is 0.490 e. The van der Waals surface area contributed by atoms with Gasteiger partial charge in [-0.1, -0.05) is 6.07 Å². The van der Waals surface area contributed by atoms with Gasteiger partial charge in [0.1, 0.15) is 11.6 Å². The number of rotatable bonds is 6. The lowest BCUT2D eigenvalue weighted by Crippen LogP contribution is -2.39. The first-order valence-electron chi connectivity index (χ1n) is 10.3. The van der Waals surface area contributed by atoms with Crippen molar-refractivity contribution in [1.82, 2.24) is 15.4 Å². The van der Waals surface area contributed by atoms with Gasteiger partial charge < -0.3 is 19.8 Å². The zero-order valence-electron chi connectivity index (χ0n) is 16.5. The molecule has 2 fully saturated rings. The number of pyridine rings is 1. The van der Waals surface area contributed by atoms with E-state index in [0.717, 1.165) is 55.7 Å². The van der Waals surface area contributed by atoms with Crippen molar-refractivity contribution in [3.63, 3.8) is 0 Å². The van der Waals surface area contributed by atoms with Crippen molar-refractivity contribution in [2.75, 3.05) is 31.2 Å². The van der Waals surface area contributed by atoms with Gasteiger partial charge in [-0.3, -0.25) is 5.01 Å². The van der Waals surface area contributed by atoms with Crippen LogP contribution < -0.4 is 15.1 Å². The summed E-state index contributed by atoms with van der Waals surface area (Å²) >= 11 is 0. The molecule has 6 nitrogen and oxygen atoms in total. The van der Waals surface area contributed by atoms with Gasteiger partial charge in [0, 0.05) is 31.0 Å². The van der Waals surface area contributed by atoms with E-state index in [1.807, 2.05) is 24.5 Å². The maximum absolute atomic E-state index is 5.89. The lowest BCUT2D eigenvalue weighted by Gasteiger charge is -2.33. The van der Waals surface area contributed by atoms with Gasteiger partial charge in [0.05, 0.1) is 31.6 Å². The monoisotopic (exact) mass is 390 g/mol. The Labute approximate surface area is 171 Å². The van der Waals surface area contributed by atoms with Crippen LogP contribution in [0.4, 0.5) is 5.82 Å². The number of ether oxygens (including phenoxy) is 2. The van der Waals surface area contributed by atoms with Gasteiger partial charge in [-0.25, -0.2) is 4.98 Å². The molecule has 0 atom stereocenters. The van der Waals surface area contributed by atoms with Crippen LogP contribution in [0.1, 0.15) is 24.0 Å². The summed E-state index contributed by atoms with van der Waals surface area (Å²) in [5.41, 5.74) is 6.86. The maximum Gasteiger partial charge on any atom is 0.133 e.